The molecule has 3 rings (SSSR count). The fraction of sp³-hybridized carbons (Fsp3) is 0.391. The number of nitrogens with one attached hydrogen (secondary N) is 1. The third-order valence-electron chi connectivity index (χ3n) is 5.02. The summed E-state index contributed by atoms with van der Waals surface area (Å²) >= 11 is 0. The molecule has 1 unspecified atom stereocenters. The molecule has 4 nitrogen and oxygen atoms in total. The Labute approximate surface area is 162 Å². The van der Waals surface area contributed by atoms with Crippen LogP contribution in [0.3, 0.4) is 0 Å². The molecule has 3 aromatic rings. The molecule has 0 radical (unpaired) electrons. The van der Waals surface area contributed by atoms with Gasteiger partial charge < -0.3 is 10.2 Å². The van der Waals surface area contributed by atoms with E-state index in [2.05, 4.69) is 55.3 Å². The highest BCUT2D eigenvalue weighted by Gasteiger charge is 2.11. The highest BCUT2D eigenvalue weighted by atomic mass is 15.1. The third-order valence-corrected chi connectivity index (χ3v) is 5.02. The van der Waals surface area contributed by atoms with Crippen molar-refractivity contribution in [1.82, 2.24) is 14.9 Å². The molecule has 27 heavy (non-hydrogen) atoms. The third kappa shape index (κ3) is 5.04. The molecule has 1 atom stereocenters. The number of fused-ring (bicyclic) bond motifs is 1. The number of hydrogen-bond acceptors (Lipinski definition) is 4. The van der Waals surface area contributed by atoms with E-state index in [1.165, 1.54) is 6.42 Å². The van der Waals surface area contributed by atoms with Crippen LogP contribution in [0.25, 0.3) is 22.3 Å². The van der Waals surface area contributed by atoms with Gasteiger partial charge in [0.2, 0.25) is 0 Å². The van der Waals surface area contributed by atoms with Crippen molar-refractivity contribution in [3.63, 3.8) is 0 Å². The lowest BCUT2D eigenvalue weighted by Gasteiger charge is -2.20. The Hall–Kier alpha value is -2.46. The van der Waals surface area contributed by atoms with E-state index in [-0.39, 0.29) is 0 Å². The molecule has 1 N–H and O–H groups in total. The minimum Gasteiger partial charge on any atom is -0.367 e. The predicted octanol–water partition coefficient (Wildman–Crippen LogP) is 5.22. The summed E-state index contributed by atoms with van der Waals surface area (Å²) in [5, 5.41) is 4.71. The lowest BCUT2D eigenvalue weighted by atomic mass is 10.1. The molecule has 0 aliphatic rings. The number of nitrogens with zero attached hydrogens (tertiary/aromatic N) is 3. The van der Waals surface area contributed by atoms with Crippen molar-refractivity contribution >= 4 is 16.7 Å². The van der Waals surface area contributed by atoms with Crippen molar-refractivity contribution in [2.24, 2.45) is 0 Å². The average Bonchev–Trinajstić information content (AvgIpc) is 2.72. The van der Waals surface area contributed by atoms with Gasteiger partial charge >= 0.3 is 0 Å². The van der Waals surface area contributed by atoms with Crippen LogP contribution in [0, 0.1) is 0 Å². The van der Waals surface area contributed by atoms with Crippen molar-refractivity contribution in [2.45, 2.75) is 39.7 Å². The Morgan fingerprint density at radius 1 is 0.926 bits per heavy atom. The number of hydrogen-bond donors (Lipinski definition) is 1. The van der Waals surface area contributed by atoms with Gasteiger partial charge in [0, 0.05) is 17.0 Å². The number of anilines is 1. The zero-order valence-electron chi connectivity index (χ0n) is 16.7. The molecule has 0 spiro atoms. The van der Waals surface area contributed by atoms with Crippen LogP contribution >= 0.6 is 0 Å². The summed E-state index contributed by atoms with van der Waals surface area (Å²) in [7, 11) is 0. The van der Waals surface area contributed by atoms with E-state index in [4.69, 9.17) is 9.97 Å². The summed E-state index contributed by atoms with van der Waals surface area (Å²) in [5.41, 5.74) is 2.02. The monoisotopic (exact) mass is 362 g/mol. The van der Waals surface area contributed by atoms with Crippen LogP contribution in [0.5, 0.6) is 0 Å². The molecule has 4 heteroatoms. The Morgan fingerprint density at radius 3 is 2.37 bits per heavy atom. The van der Waals surface area contributed by atoms with Crippen molar-refractivity contribution in [3.8, 4) is 11.4 Å². The van der Waals surface area contributed by atoms with Crippen LogP contribution in [-0.4, -0.2) is 40.5 Å². The van der Waals surface area contributed by atoms with E-state index in [1.807, 2.05) is 30.3 Å². The largest absolute Gasteiger partial charge is 0.367 e. The second-order valence-corrected chi connectivity index (χ2v) is 6.99. The smallest absolute Gasteiger partial charge is 0.162 e. The summed E-state index contributed by atoms with van der Waals surface area (Å²) < 4.78 is 0. The molecule has 0 fully saturated rings. The van der Waals surface area contributed by atoms with Gasteiger partial charge in [-0.2, -0.15) is 0 Å². The highest BCUT2D eigenvalue weighted by Crippen LogP contribution is 2.25. The maximum Gasteiger partial charge on any atom is 0.162 e. The summed E-state index contributed by atoms with van der Waals surface area (Å²) in [6.07, 6.45) is 2.31. The fourth-order valence-corrected chi connectivity index (χ4v) is 3.37. The van der Waals surface area contributed by atoms with Gasteiger partial charge in [0.1, 0.15) is 5.82 Å². The molecule has 1 heterocycles. The quantitative estimate of drug-likeness (QED) is 0.567. The SMILES string of the molecule is CCN(CC)CCCC(C)Nc1nc(-c2ccccc2)nc2ccccc12. The van der Waals surface area contributed by atoms with E-state index < -0.39 is 0 Å². The Bertz CT molecular complexity index is 843. The maximum absolute atomic E-state index is 4.85. The summed E-state index contributed by atoms with van der Waals surface area (Å²) in [6.45, 7) is 10.1. The first-order valence-electron chi connectivity index (χ1n) is 10.0. The average molecular weight is 363 g/mol. The molecule has 0 saturated carbocycles. The van der Waals surface area contributed by atoms with Crippen LogP contribution in [0.1, 0.15) is 33.6 Å². The molecule has 0 aliphatic heterocycles. The first-order chi connectivity index (χ1) is 13.2. The number of aromatic nitrogens is 2. The molecule has 2 aromatic carbocycles. The van der Waals surface area contributed by atoms with Crippen LogP contribution in [0.2, 0.25) is 0 Å². The molecule has 0 aliphatic carbocycles. The summed E-state index contributed by atoms with van der Waals surface area (Å²) in [4.78, 5) is 12.1. The standard InChI is InChI=1S/C23H30N4/c1-4-27(5-2)17-11-12-18(3)24-23-20-15-9-10-16-21(20)25-22(26-23)19-13-7-6-8-14-19/h6-10,13-16,18H,4-5,11-12,17H2,1-3H3,(H,24,25,26). The fourth-order valence-electron chi connectivity index (χ4n) is 3.37. The molecular weight excluding hydrogens is 332 g/mol. The maximum atomic E-state index is 4.85. The lowest BCUT2D eigenvalue weighted by molar-refractivity contribution is 0.295. The molecule has 1 aromatic heterocycles. The van der Waals surface area contributed by atoms with Gasteiger partial charge in [0.25, 0.3) is 0 Å². The highest BCUT2D eigenvalue weighted by molar-refractivity contribution is 5.90. The minimum absolute atomic E-state index is 0.363. The van der Waals surface area contributed by atoms with Crippen LogP contribution in [0.15, 0.2) is 54.6 Å². The van der Waals surface area contributed by atoms with E-state index in [0.717, 1.165) is 54.2 Å². The normalized spacial score (nSPS) is 12.4. The number of rotatable bonds is 9. The Balaban J connectivity index is 1.78. The van der Waals surface area contributed by atoms with E-state index in [1.54, 1.807) is 0 Å². The van der Waals surface area contributed by atoms with Gasteiger partial charge in [-0.05, 0) is 51.5 Å². The molecular formula is C23H30N4. The second kappa shape index (κ2) is 9.47. The zero-order chi connectivity index (χ0) is 19.1. The molecule has 0 amide bonds. The Kier molecular flexibility index (Phi) is 6.77. The summed E-state index contributed by atoms with van der Waals surface area (Å²) in [6, 6.07) is 18.8. The van der Waals surface area contributed by atoms with Crippen LogP contribution < -0.4 is 5.32 Å². The van der Waals surface area contributed by atoms with Gasteiger partial charge in [-0.1, -0.05) is 56.3 Å². The van der Waals surface area contributed by atoms with Gasteiger partial charge in [0.15, 0.2) is 5.82 Å². The molecule has 0 saturated heterocycles. The van der Waals surface area contributed by atoms with Crippen LogP contribution in [-0.2, 0) is 0 Å². The van der Waals surface area contributed by atoms with Gasteiger partial charge in [-0.3, -0.25) is 0 Å². The van der Waals surface area contributed by atoms with Gasteiger partial charge in [0.05, 0.1) is 5.52 Å². The molecule has 142 valence electrons. The van der Waals surface area contributed by atoms with Crippen molar-refractivity contribution in [1.29, 1.82) is 0 Å². The van der Waals surface area contributed by atoms with Crippen LogP contribution in [0.4, 0.5) is 5.82 Å². The Morgan fingerprint density at radius 2 is 1.63 bits per heavy atom. The number of para-hydroxylation sites is 1. The van der Waals surface area contributed by atoms with Crippen molar-refractivity contribution in [2.75, 3.05) is 25.0 Å². The topological polar surface area (TPSA) is 41.0 Å². The van der Waals surface area contributed by atoms with Crippen molar-refractivity contribution < 1.29 is 0 Å². The predicted molar refractivity (Wildman–Crippen MR) is 115 cm³/mol. The first-order valence-corrected chi connectivity index (χ1v) is 10.0. The molecule has 0 bridgehead atoms. The van der Waals surface area contributed by atoms with E-state index in [0.29, 0.717) is 6.04 Å². The second-order valence-electron chi connectivity index (χ2n) is 6.99. The minimum atomic E-state index is 0.363. The van der Waals surface area contributed by atoms with E-state index in [9.17, 15) is 0 Å². The van der Waals surface area contributed by atoms with Gasteiger partial charge in [-0.25, -0.2) is 9.97 Å². The van der Waals surface area contributed by atoms with Gasteiger partial charge in [-0.15, -0.1) is 0 Å². The number of benzene rings is 2. The van der Waals surface area contributed by atoms with E-state index >= 15 is 0 Å². The summed E-state index contributed by atoms with van der Waals surface area (Å²) in [5.74, 6) is 1.70. The lowest BCUT2D eigenvalue weighted by Crippen LogP contribution is -2.25. The first kappa shape index (κ1) is 19.3. The van der Waals surface area contributed by atoms with Crippen molar-refractivity contribution in [3.05, 3.63) is 54.6 Å². The zero-order valence-corrected chi connectivity index (χ0v) is 16.7.